The number of halogens is 2. The number of nitriles is 1. The van der Waals surface area contributed by atoms with Crippen molar-refractivity contribution in [3.63, 3.8) is 0 Å². The Labute approximate surface area is 121 Å². The summed E-state index contributed by atoms with van der Waals surface area (Å²) in [5.41, 5.74) is 0.518. The molecule has 6 nitrogen and oxygen atoms in total. The molecule has 0 spiro atoms. The minimum atomic E-state index is -1.02. The van der Waals surface area contributed by atoms with Crippen LogP contribution in [-0.4, -0.2) is 25.2 Å². The van der Waals surface area contributed by atoms with Gasteiger partial charge in [0.1, 0.15) is 16.8 Å². The van der Waals surface area contributed by atoms with E-state index in [1.165, 1.54) is 22.1 Å². The Morgan fingerprint density at radius 2 is 2.00 bits per heavy atom. The summed E-state index contributed by atoms with van der Waals surface area (Å²) in [5, 5.41) is 25.5. The SMILES string of the molecule is Cc1nnc(-n2nnc(C#N)c2-c2ccc(F)c(F)c2)s1. The highest BCUT2D eigenvalue weighted by Crippen LogP contribution is 2.27. The maximum Gasteiger partial charge on any atom is 0.234 e. The van der Waals surface area contributed by atoms with Gasteiger partial charge >= 0.3 is 0 Å². The molecule has 0 N–H and O–H groups in total. The normalized spacial score (nSPS) is 10.6. The minimum Gasteiger partial charge on any atom is -0.204 e. The van der Waals surface area contributed by atoms with E-state index in [9.17, 15) is 8.78 Å². The Balaban J connectivity index is 2.23. The largest absolute Gasteiger partial charge is 0.234 e. The molecule has 0 atom stereocenters. The minimum absolute atomic E-state index is 0.00568. The van der Waals surface area contributed by atoms with Crippen molar-refractivity contribution in [2.75, 3.05) is 0 Å². The van der Waals surface area contributed by atoms with Crippen molar-refractivity contribution in [1.82, 2.24) is 25.2 Å². The van der Waals surface area contributed by atoms with E-state index in [0.717, 1.165) is 12.1 Å². The second-order valence-corrected chi connectivity index (χ2v) is 5.20. The van der Waals surface area contributed by atoms with Crippen LogP contribution in [0.2, 0.25) is 0 Å². The van der Waals surface area contributed by atoms with E-state index in [0.29, 0.717) is 10.1 Å². The number of rotatable bonds is 2. The van der Waals surface area contributed by atoms with Crippen molar-refractivity contribution in [3.8, 4) is 22.5 Å². The van der Waals surface area contributed by atoms with Gasteiger partial charge in [0.05, 0.1) is 0 Å². The third kappa shape index (κ3) is 2.25. The average Bonchev–Trinajstić information content (AvgIpc) is 3.07. The summed E-state index contributed by atoms with van der Waals surface area (Å²) in [6.45, 7) is 1.76. The van der Waals surface area contributed by atoms with Crippen LogP contribution in [0.1, 0.15) is 10.7 Å². The zero-order valence-corrected chi connectivity index (χ0v) is 11.4. The van der Waals surface area contributed by atoms with Gasteiger partial charge < -0.3 is 0 Å². The highest BCUT2D eigenvalue weighted by Gasteiger charge is 2.19. The van der Waals surface area contributed by atoms with Gasteiger partial charge in [0.25, 0.3) is 0 Å². The average molecular weight is 304 g/mol. The molecule has 0 saturated heterocycles. The van der Waals surface area contributed by atoms with E-state index >= 15 is 0 Å². The standard InChI is InChI=1S/C12H6F2N6S/c1-6-16-18-12(21-6)20-11(10(5-15)17-19-20)7-2-3-8(13)9(14)4-7/h2-4H,1H3. The molecule has 3 rings (SSSR count). The Morgan fingerprint density at radius 3 is 2.62 bits per heavy atom. The van der Waals surface area contributed by atoms with Gasteiger partial charge in [0, 0.05) is 5.56 Å². The first-order valence-electron chi connectivity index (χ1n) is 5.72. The maximum atomic E-state index is 13.4. The van der Waals surface area contributed by atoms with E-state index < -0.39 is 11.6 Å². The molecular formula is C12H6F2N6S. The van der Waals surface area contributed by atoms with Crippen molar-refractivity contribution in [2.24, 2.45) is 0 Å². The molecule has 0 amide bonds. The number of aryl methyl sites for hydroxylation is 1. The highest BCUT2D eigenvalue weighted by atomic mass is 32.1. The van der Waals surface area contributed by atoms with E-state index in [2.05, 4.69) is 20.5 Å². The monoisotopic (exact) mass is 304 g/mol. The van der Waals surface area contributed by atoms with Gasteiger partial charge in [-0.2, -0.15) is 9.94 Å². The van der Waals surface area contributed by atoms with Gasteiger partial charge in [-0.25, -0.2) is 8.78 Å². The predicted octanol–water partition coefficient (Wildman–Crippen LogP) is 2.24. The molecular weight excluding hydrogens is 298 g/mol. The van der Waals surface area contributed by atoms with Crippen molar-refractivity contribution in [3.05, 3.63) is 40.5 Å². The quantitative estimate of drug-likeness (QED) is 0.725. The zero-order chi connectivity index (χ0) is 15.0. The van der Waals surface area contributed by atoms with E-state index in [1.54, 1.807) is 6.92 Å². The second-order valence-electron chi connectivity index (χ2n) is 4.04. The fourth-order valence-corrected chi connectivity index (χ4v) is 2.41. The Bertz CT molecular complexity index is 863. The molecule has 3 aromatic rings. The lowest BCUT2D eigenvalue weighted by molar-refractivity contribution is 0.509. The lowest BCUT2D eigenvalue weighted by atomic mass is 10.1. The van der Waals surface area contributed by atoms with Crippen molar-refractivity contribution >= 4 is 11.3 Å². The van der Waals surface area contributed by atoms with Crippen molar-refractivity contribution in [1.29, 1.82) is 5.26 Å². The molecule has 0 radical (unpaired) electrons. The third-order valence-electron chi connectivity index (χ3n) is 2.67. The van der Waals surface area contributed by atoms with Crippen LogP contribution >= 0.6 is 11.3 Å². The maximum absolute atomic E-state index is 13.4. The molecule has 0 bridgehead atoms. The number of nitrogens with zero attached hydrogens (tertiary/aromatic N) is 6. The van der Waals surface area contributed by atoms with Crippen LogP contribution in [0, 0.1) is 29.9 Å². The molecule has 9 heteroatoms. The lowest BCUT2D eigenvalue weighted by Gasteiger charge is -2.03. The molecule has 0 saturated carbocycles. The number of hydrogen-bond donors (Lipinski definition) is 0. The summed E-state index contributed by atoms with van der Waals surface area (Å²) in [7, 11) is 0. The zero-order valence-electron chi connectivity index (χ0n) is 10.6. The van der Waals surface area contributed by atoms with Crippen LogP contribution in [0.15, 0.2) is 18.2 Å². The Hall–Kier alpha value is -2.73. The summed E-state index contributed by atoms with van der Waals surface area (Å²) in [5.74, 6) is -1.99. The van der Waals surface area contributed by atoms with Crippen LogP contribution < -0.4 is 0 Å². The number of hydrogen-bond acceptors (Lipinski definition) is 6. The lowest BCUT2D eigenvalue weighted by Crippen LogP contribution is -2.00. The molecule has 104 valence electrons. The van der Waals surface area contributed by atoms with Gasteiger partial charge in [0.15, 0.2) is 17.3 Å². The predicted molar refractivity (Wildman–Crippen MR) is 69.6 cm³/mol. The Kier molecular flexibility index (Phi) is 3.15. The summed E-state index contributed by atoms with van der Waals surface area (Å²) in [4.78, 5) is 0. The third-order valence-corrected chi connectivity index (χ3v) is 3.48. The molecule has 0 aliphatic heterocycles. The Morgan fingerprint density at radius 1 is 1.19 bits per heavy atom. The summed E-state index contributed by atoms with van der Waals surface area (Å²) in [6.07, 6.45) is 0. The summed E-state index contributed by atoms with van der Waals surface area (Å²) in [6, 6.07) is 5.19. The molecule has 2 heterocycles. The van der Waals surface area contributed by atoms with Crippen LogP contribution in [0.4, 0.5) is 8.78 Å². The molecule has 21 heavy (non-hydrogen) atoms. The van der Waals surface area contributed by atoms with Crippen molar-refractivity contribution in [2.45, 2.75) is 6.92 Å². The van der Waals surface area contributed by atoms with Crippen molar-refractivity contribution < 1.29 is 8.78 Å². The van der Waals surface area contributed by atoms with Crippen LogP contribution in [-0.2, 0) is 0 Å². The number of aromatic nitrogens is 5. The topological polar surface area (TPSA) is 80.3 Å². The van der Waals surface area contributed by atoms with Gasteiger partial charge in [0.2, 0.25) is 5.13 Å². The van der Waals surface area contributed by atoms with Crippen LogP contribution in [0.3, 0.4) is 0 Å². The van der Waals surface area contributed by atoms with E-state index in [1.807, 2.05) is 6.07 Å². The number of benzene rings is 1. The van der Waals surface area contributed by atoms with Crippen LogP contribution in [0.25, 0.3) is 16.4 Å². The van der Waals surface area contributed by atoms with Gasteiger partial charge in [-0.3, -0.25) is 0 Å². The first-order valence-corrected chi connectivity index (χ1v) is 6.53. The highest BCUT2D eigenvalue weighted by molar-refractivity contribution is 7.13. The molecule has 0 fully saturated rings. The van der Waals surface area contributed by atoms with Gasteiger partial charge in [-0.05, 0) is 25.1 Å². The molecule has 2 aromatic heterocycles. The first-order chi connectivity index (χ1) is 10.1. The summed E-state index contributed by atoms with van der Waals surface area (Å²) < 4.78 is 27.8. The molecule has 1 aromatic carbocycles. The smallest absolute Gasteiger partial charge is 0.204 e. The summed E-state index contributed by atoms with van der Waals surface area (Å²) >= 11 is 1.24. The fraction of sp³-hybridized carbons (Fsp3) is 0.0833. The second kappa shape index (κ2) is 4.99. The molecule has 0 aliphatic rings. The van der Waals surface area contributed by atoms with E-state index in [4.69, 9.17) is 5.26 Å². The first kappa shape index (κ1) is 13.3. The van der Waals surface area contributed by atoms with Gasteiger partial charge in [-0.1, -0.05) is 16.6 Å². The van der Waals surface area contributed by atoms with Crippen LogP contribution in [0.5, 0.6) is 0 Å². The molecule has 0 aliphatic carbocycles. The van der Waals surface area contributed by atoms with Gasteiger partial charge in [-0.15, -0.1) is 15.3 Å². The van der Waals surface area contributed by atoms with E-state index in [-0.39, 0.29) is 17.0 Å². The fourth-order valence-electron chi connectivity index (χ4n) is 1.77. The molecule has 0 unspecified atom stereocenters.